The van der Waals surface area contributed by atoms with Crippen LogP contribution in [0.1, 0.15) is 23.2 Å². The minimum atomic E-state index is -4.25. The molecule has 1 saturated heterocycles. The Kier molecular flexibility index (Phi) is 3.78. The van der Waals surface area contributed by atoms with Crippen molar-refractivity contribution in [3.05, 3.63) is 23.8 Å². The van der Waals surface area contributed by atoms with Crippen LogP contribution in [0, 0.1) is 5.92 Å². The van der Waals surface area contributed by atoms with Gasteiger partial charge in [0.1, 0.15) is 0 Å². The molecule has 4 nitrogen and oxygen atoms in total. The van der Waals surface area contributed by atoms with E-state index in [1.54, 1.807) is 0 Å². The molecule has 110 valence electrons. The number of hydrogen-bond acceptors (Lipinski definition) is 3. The van der Waals surface area contributed by atoms with Crippen LogP contribution >= 0.6 is 0 Å². The van der Waals surface area contributed by atoms with Gasteiger partial charge in [-0.15, -0.1) is 0 Å². The van der Waals surface area contributed by atoms with Crippen LogP contribution in [0.2, 0.25) is 0 Å². The van der Waals surface area contributed by atoms with E-state index in [0.29, 0.717) is 18.7 Å². The van der Waals surface area contributed by atoms with Crippen molar-refractivity contribution in [2.75, 3.05) is 23.7 Å². The summed E-state index contributed by atoms with van der Waals surface area (Å²) >= 11 is 0. The standard InChI is InChI=1S/C13H15F3N2O2/c14-13(15,16)8-2-1-5-18(7-8)11-4-3-9(17)6-10(11)12(19)20/h3-4,6,8H,1-2,5,7,17H2,(H,19,20). The number of aromatic carboxylic acids is 1. The number of carboxylic acids is 1. The monoisotopic (exact) mass is 288 g/mol. The van der Waals surface area contributed by atoms with E-state index >= 15 is 0 Å². The fourth-order valence-electron chi connectivity index (χ4n) is 2.46. The number of nitrogen functional groups attached to an aromatic ring is 1. The Bertz CT molecular complexity index is 517. The average Bonchev–Trinajstić information content (AvgIpc) is 2.37. The van der Waals surface area contributed by atoms with Gasteiger partial charge in [0.15, 0.2) is 0 Å². The molecule has 1 aromatic carbocycles. The molecule has 1 aliphatic rings. The van der Waals surface area contributed by atoms with Crippen LogP contribution in [-0.4, -0.2) is 30.3 Å². The van der Waals surface area contributed by atoms with Gasteiger partial charge in [-0.1, -0.05) is 0 Å². The van der Waals surface area contributed by atoms with Crippen LogP contribution < -0.4 is 10.6 Å². The predicted molar refractivity (Wildman–Crippen MR) is 68.8 cm³/mol. The van der Waals surface area contributed by atoms with E-state index in [-0.39, 0.29) is 24.2 Å². The van der Waals surface area contributed by atoms with Gasteiger partial charge in [0.05, 0.1) is 17.2 Å². The number of nitrogens with two attached hydrogens (primary N) is 1. The second-order valence-electron chi connectivity index (χ2n) is 4.91. The summed E-state index contributed by atoms with van der Waals surface area (Å²) in [6.07, 6.45) is -3.79. The van der Waals surface area contributed by atoms with Crippen molar-refractivity contribution < 1.29 is 23.1 Å². The lowest BCUT2D eigenvalue weighted by Crippen LogP contribution is -2.42. The number of hydrogen-bond donors (Lipinski definition) is 2. The molecular formula is C13H15F3N2O2. The van der Waals surface area contributed by atoms with E-state index in [0.717, 1.165) is 0 Å². The van der Waals surface area contributed by atoms with Crippen molar-refractivity contribution in [2.45, 2.75) is 19.0 Å². The Hall–Kier alpha value is -1.92. The molecular weight excluding hydrogens is 273 g/mol. The lowest BCUT2D eigenvalue weighted by Gasteiger charge is -2.35. The maximum absolute atomic E-state index is 12.8. The number of rotatable bonds is 2. The molecule has 1 unspecified atom stereocenters. The fraction of sp³-hybridized carbons (Fsp3) is 0.462. The van der Waals surface area contributed by atoms with Crippen LogP contribution in [0.5, 0.6) is 0 Å². The first kappa shape index (κ1) is 14.5. The van der Waals surface area contributed by atoms with Crippen molar-refractivity contribution >= 4 is 17.3 Å². The van der Waals surface area contributed by atoms with Crippen LogP contribution in [0.15, 0.2) is 18.2 Å². The van der Waals surface area contributed by atoms with E-state index in [1.165, 1.54) is 23.1 Å². The molecule has 1 aliphatic heterocycles. The Balaban J connectivity index is 2.29. The lowest BCUT2D eigenvalue weighted by atomic mass is 9.96. The van der Waals surface area contributed by atoms with Crippen molar-refractivity contribution in [3.8, 4) is 0 Å². The normalized spacial score (nSPS) is 19.9. The zero-order valence-corrected chi connectivity index (χ0v) is 10.7. The first-order chi connectivity index (χ1) is 9.29. The Morgan fingerprint density at radius 2 is 2.10 bits per heavy atom. The third-order valence-electron chi connectivity index (χ3n) is 3.48. The highest BCUT2D eigenvalue weighted by molar-refractivity contribution is 5.95. The third kappa shape index (κ3) is 2.97. The second kappa shape index (κ2) is 5.22. The van der Waals surface area contributed by atoms with Crippen molar-refractivity contribution in [1.82, 2.24) is 0 Å². The van der Waals surface area contributed by atoms with Crippen LogP contribution in [0.3, 0.4) is 0 Å². The molecule has 0 saturated carbocycles. The van der Waals surface area contributed by atoms with Gasteiger partial charge < -0.3 is 15.7 Å². The van der Waals surface area contributed by atoms with Gasteiger partial charge in [0.25, 0.3) is 0 Å². The topological polar surface area (TPSA) is 66.6 Å². The van der Waals surface area contributed by atoms with Gasteiger partial charge in [-0.05, 0) is 31.0 Å². The molecule has 0 aromatic heterocycles. The fourth-order valence-corrected chi connectivity index (χ4v) is 2.46. The highest BCUT2D eigenvalue weighted by atomic mass is 19.4. The molecule has 0 aliphatic carbocycles. The summed E-state index contributed by atoms with van der Waals surface area (Å²) in [7, 11) is 0. The summed E-state index contributed by atoms with van der Waals surface area (Å²) in [5.41, 5.74) is 6.03. The minimum Gasteiger partial charge on any atom is -0.478 e. The Morgan fingerprint density at radius 1 is 1.40 bits per heavy atom. The van der Waals surface area contributed by atoms with Crippen molar-refractivity contribution in [3.63, 3.8) is 0 Å². The number of carbonyl (C=O) groups is 1. The summed E-state index contributed by atoms with van der Waals surface area (Å²) in [4.78, 5) is 12.7. The molecule has 7 heteroatoms. The predicted octanol–water partition coefficient (Wildman–Crippen LogP) is 2.75. The van der Waals surface area contributed by atoms with E-state index in [1.807, 2.05) is 0 Å². The largest absolute Gasteiger partial charge is 0.478 e. The van der Waals surface area contributed by atoms with E-state index in [9.17, 15) is 18.0 Å². The molecule has 20 heavy (non-hydrogen) atoms. The average molecular weight is 288 g/mol. The van der Waals surface area contributed by atoms with Gasteiger partial charge in [-0.2, -0.15) is 13.2 Å². The zero-order chi connectivity index (χ0) is 14.9. The van der Waals surface area contributed by atoms with E-state index < -0.39 is 18.1 Å². The SMILES string of the molecule is Nc1ccc(N2CCCC(C(F)(F)F)C2)c(C(=O)O)c1. The maximum atomic E-state index is 12.8. The molecule has 2 rings (SSSR count). The molecule has 3 N–H and O–H groups in total. The highest BCUT2D eigenvalue weighted by Crippen LogP contribution is 2.36. The van der Waals surface area contributed by atoms with Crippen molar-refractivity contribution in [1.29, 1.82) is 0 Å². The molecule has 1 aromatic rings. The first-order valence-corrected chi connectivity index (χ1v) is 6.23. The minimum absolute atomic E-state index is 0.0622. The third-order valence-corrected chi connectivity index (χ3v) is 3.48. The lowest BCUT2D eigenvalue weighted by molar-refractivity contribution is -0.175. The van der Waals surface area contributed by atoms with Crippen molar-refractivity contribution in [2.24, 2.45) is 5.92 Å². The Labute approximate surface area is 114 Å². The number of alkyl halides is 3. The Morgan fingerprint density at radius 3 is 2.70 bits per heavy atom. The van der Waals surface area contributed by atoms with Gasteiger partial charge >= 0.3 is 12.1 Å². The number of carboxylic acid groups (broad SMARTS) is 1. The van der Waals surface area contributed by atoms with Gasteiger partial charge in [-0.25, -0.2) is 4.79 Å². The number of nitrogens with zero attached hydrogens (tertiary/aromatic N) is 1. The molecule has 1 heterocycles. The zero-order valence-electron chi connectivity index (χ0n) is 10.7. The summed E-state index contributed by atoms with van der Waals surface area (Å²) in [6.45, 7) is 0.199. The molecule has 1 fully saturated rings. The molecule has 0 radical (unpaired) electrons. The number of halogens is 3. The molecule has 0 amide bonds. The first-order valence-electron chi connectivity index (χ1n) is 6.23. The van der Waals surface area contributed by atoms with Crippen LogP contribution in [-0.2, 0) is 0 Å². The molecule has 0 spiro atoms. The van der Waals surface area contributed by atoms with Gasteiger partial charge in [0.2, 0.25) is 0 Å². The quantitative estimate of drug-likeness (QED) is 0.821. The van der Waals surface area contributed by atoms with Gasteiger partial charge in [-0.3, -0.25) is 0 Å². The molecule has 1 atom stereocenters. The smallest absolute Gasteiger partial charge is 0.393 e. The van der Waals surface area contributed by atoms with E-state index in [2.05, 4.69) is 0 Å². The summed E-state index contributed by atoms with van der Waals surface area (Å²) in [5, 5.41) is 9.14. The summed E-state index contributed by atoms with van der Waals surface area (Å²) < 4.78 is 38.4. The van der Waals surface area contributed by atoms with Crippen LogP contribution in [0.25, 0.3) is 0 Å². The number of anilines is 2. The highest BCUT2D eigenvalue weighted by Gasteiger charge is 2.42. The maximum Gasteiger partial charge on any atom is 0.393 e. The number of benzene rings is 1. The van der Waals surface area contributed by atoms with Crippen LogP contribution in [0.4, 0.5) is 24.5 Å². The number of piperidine rings is 1. The van der Waals surface area contributed by atoms with Gasteiger partial charge in [0, 0.05) is 18.8 Å². The summed E-state index contributed by atoms with van der Waals surface area (Å²) in [6, 6.07) is 4.24. The van der Waals surface area contributed by atoms with E-state index in [4.69, 9.17) is 10.8 Å². The second-order valence-corrected chi connectivity index (χ2v) is 4.91. The summed E-state index contributed by atoms with van der Waals surface area (Å²) in [5.74, 6) is -2.61. The molecule has 0 bridgehead atoms.